The zero-order valence-corrected chi connectivity index (χ0v) is 17.2. The number of nitrogens with one attached hydrogen (secondary N) is 1. The van der Waals surface area contributed by atoms with Crippen LogP contribution in [-0.4, -0.2) is 43.5 Å². The van der Waals surface area contributed by atoms with Crippen LogP contribution in [0.5, 0.6) is 0 Å². The van der Waals surface area contributed by atoms with Gasteiger partial charge in [-0.05, 0) is 54.6 Å². The number of anilines is 1. The van der Waals surface area contributed by atoms with Crippen molar-refractivity contribution in [3.63, 3.8) is 0 Å². The molecule has 1 fully saturated rings. The average molecular weight is 428 g/mol. The van der Waals surface area contributed by atoms with Gasteiger partial charge in [-0.15, -0.1) is 0 Å². The van der Waals surface area contributed by atoms with Crippen LogP contribution in [0.2, 0.25) is 5.02 Å². The molecule has 2 heterocycles. The highest BCUT2D eigenvalue weighted by molar-refractivity contribution is 6.30. The molecule has 3 aromatic rings. The molecule has 0 saturated carbocycles. The van der Waals surface area contributed by atoms with Crippen LogP contribution in [0.3, 0.4) is 0 Å². The molecule has 5 nitrogen and oxygen atoms in total. The Morgan fingerprint density at radius 1 is 1.07 bits per heavy atom. The fraction of sp³-hybridized carbons (Fsp3) is 0.261. The number of piperazine rings is 1. The van der Waals surface area contributed by atoms with Gasteiger partial charge in [-0.3, -0.25) is 9.69 Å². The van der Waals surface area contributed by atoms with Crippen LogP contribution in [0.1, 0.15) is 22.2 Å². The summed E-state index contributed by atoms with van der Waals surface area (Å²) in [6, 6.07) is 17.2. The van der Waals surface area contributed by atoms with Gasteiger partial charge in [0.05, 0.1) is 12.3 Å². The molecule has 1 aliphatic rings. The second kappa shape index (κ2) is 9.32. The SMILES string of the molecule is O=C(NC[C@H](c1ccco1)N1CCN(c2ccc(F)cc2)CC1)c1cccc(Cl)c1. The number of carbonyl (C=O) groups excluding carboxylic acids is 1. The Kier molecular flexibility index (Phi) is 6.35. The molecule has 7 heteroatoms. The van der Waals surface area contributed by atoms with E-state index in [2.05, 4.69) is 15.1 Å². The normalized spacial score (nSPS) is 15.7. The highest BCUT2D eigenvalue weighted by Gasteiger charge is 2.27. The maximum atomic E-state index is 13.2. The van der Waals surface area contributed by atoms with Crippen LogP contribution in [0.4, 0.5) is 10.1 Å². The molecule has 1 amide bonds. The van der Waals surface area contributed by atoms with Crippen LogP contribution in [-0.2, 0) is 0 Å². The Bertz CT molecular complexity index is 970. The van der Waals surface area contributed by atoms with Crippen molar-refractivity contribution < 1.29 is 13.6 Å². The number of rotatable bonds is 6. The molecule has 0 spiro atoms. The van der Waals surface area contributed by atoms with Crippen molar-refractivity contribution in [3.8, 4) is 0 Å². The molecular formula is C23H23ClFN3O2. The van der Waals surface area contributed by atoms with Crippen molar-refractivity contribution in [3.05, 3.63) is 89.1 Å². The number of halogens is 2. The number of nitrogens with zero attached hydrogens (tertiary/aromatic N) is 2. The first kappa shape index (κ1) is 20.4. The molecule has 1 saturated heterocycles. The number of carbonyl (C=O) groups is 1. The number of furan rings is 1. The van der Waals surface area contributed by atoms with Gasteiger partial charge in [-0.2, -0.15) is 0 Å². The molecule has 156 valence electrons. The minimum atomic E-state index is -0.231. The Morgan fingerprint density at radius 2 is 1.83 bits per heavy atom. The van der Waals surface area contributed by atoms with E-state index in [0.29, 0.717) is 17.1 Å². The lowest BCUT2D eigenvalue weighted by molar-refractivity contribution is 0.0923. The third kappa shape index (κ3) is 4.83. The van der Waals surface area contributed by atoms with Crippen molar-refractivity contribution in [1.29, 1.82) is 0 Å². The van der Waals surface area contributed by atoms with E-state index >= 15 is 0 Å². The monoisotopic (exact) mass is 427 g/mol. The second-order valence-electron chi connectivity index (χ2n) is 7.25. The Balaban J connectivity index is 1.41. The summed E-state index contributed by atoms with van der Waals surface area (Å²) in [5.74, 6) is 0.418. The maximum Gasteiger partial charge on any atom is 0.251 e. The lowest BCUT2D eigenvalue weighted by Crippen LogP contribution is -2.49. The summed E-state index contributed by atoms with van der Waals surface area (Å²) in [7, 11) is 0. The van der Waals surface area contributed by atoms with E-state index in [9.17, 15) is 9.18 Å². The number of amides is 1. The zero-order valence-electron chi connectivity index (χ0n) is 16.4. The smallest absolute Gasteiger partial charge is 0.251 e. The van der Waals surface area contributed by atoms with Crippen molar-refractivity contribution in [1.82, 2.24) is 10.2 Å². The summed E-state index contributed by atoms with van der Waals surface area (Å²) < 4.78 is 18.9. The lowest BCUT2D eigenvalue weighted by Gasteiger charge is -2.39. The first-order valence-corrected chi connectivity index (χ1v) is 10.3. The average Bonchev–Trinajstić information content (AvgIpc) is 3.29. The largest absolute Gasteiger partial charge is 0.468 e. The number of benzene rings is 2. The summed E-state index contributed by atoms with van der Waals surface area (Å²) in [6.07, 6.45) is 1.65. The predicted molar refractivity (Wildman–Crippen MR) is 115 cm³/mol. The van der Waals surface area contributed by atoms with Gasteiger partial charge in [0.1, 0.15) is 11.6 Å². The minimum absolute atomic E-state index is 0.0708. The Morgan fingerprint density at radius 3 is 2.50 bits per heavy atom. The minimum Gasteiger partial charge on any atom is -0.468 e. The van der Waals surface area contributed by atoms with Gasteiger partial charge in [0, 0.05) is 49.0 Å². The van der Waals surface area contributed by atoms with Crippen molar-refractivity contribution in [2.24, 2.45) is 0 Å². The lowest BCUT2D eigenvalue weighted by atomic mass is 10.1. The quantitative estimate of drug-likeness (QED) is 0.634. The molecule has 1 N–H and O–H groups in total. The third-order valence-electron chi connectivity index (χ3n) is 5.36. The van der Waals surface area contributed by atoms with Crippen LogP contribution in [0, 0.1) is 5.82 Å². The van der Waals surface area contributed by atoms with Crippen molar-refractivity contribution in [2.45, 2.75) is 6.04 Å². The molecule has 4 rings (SSSR count). The molecule has 0 aliphatic carbocycles. The first-order chi connectivity index (χ1) is 14.6. The van der Waals surface area contributed by atoms with Gasteiger partial charge in [0.25, 0.3) is 5.91 Å². The summed E-state index contributed by atoms with van der Waals surface area (Å²) in [5.41, 5.74) is 1.54. The van der Waals surface area contributed by atoms with E-state index in [4.69, 9.17) is 16.0 Å². The van der Waals surface area contributed by atoms with Gasteiger partial charge in [-0.1, -0.05) is 17.7 Å². The second-order valence-corrected chi connectivity index (χ2v) is 7.69. The third-order valence-corrected chi connectivity index (χ3v) is 5.60. The van der Waals surface area contributed by atoms with E-state index in [1.807, 2.05) is 12.1 Å². The highest BCUT2D eigenvalue weighted by atomic mass is 35.5. The molecule has 2 aromatic carbocycles. The summed E-state index contributed by atoms with van der Waals surface area (Å²) in [6.45, 7) is 3.65. The van der Waals surface area contributed by atoms with Crippen LogP contribution in [0.25, 0.3) is 0 Å². The molecule has 0 unspecified atom stereocenters. The summed E-state index contributed by atoms with van der Waals surface area (Å²) in [4.78, 5) is 17.1. The van der Waals surface area contributed by atoms with E-state index in [1.165, 1.54) is 12.1 Å². The molecule has 0 bridgehead atoms. The van der Waals surface area contributed by atoms with E-state index in [0.717, 1.165) is 37.6 Å². The van der Waals surface area contributed by atoms with Crippen LogP contribution < -0.4 is 10.2 Å². The van der Waals surface area contributed by atoms with E-state index in [1.54, 1.807) is 42.7 Å². The first-order valence-electron chi connectivity index (χ1n) is 9.92. The van der Waals surface area contributed by atoms with Gasteiger partial charge in [0.2, 0.25) is 0 Å². The molecule has 1 aliphatic heterocycles. The zero-order chi connectivity index (χ0) is 20.9. The van der Waals surface area contributed by atoms with Crippen LogP contribution >= 0.6 is 11.6 Å². The van der Waals surface area contributed by atoms with Gasteiger partial charge in [0.15, 0.2) is 0 Å². The van der Waals surface area contributed by atoms with E-state index in [-0.39, 0.29) is 17.8 Å². The predicted octanol–water partition coefficient (Wildman–Crippen LogP) is 4.37. The molecule has 1 aromatic heterocycles. The summed E-state index contributed by atoms with van der Waals surface area (Å²) in [5, 5.41) is 3.54. The van der Waals surface area contributed by atoms with Crippen molar-refractivity contribution in [2.75, 3.05) is 37.6 Å². The fourth-order valence-electron chi connectivity index (χ4n) is 3.76. The Labute approximate surface area is 180 Å². The molecule has 30 heavy (non-hydrogen) atoms. The molecule has 0 radical (unpaired) electrons. The number of hydrogen-bond donors (Lipinski definition) is 1. The standard InChI is InChI=1S/C23H23ClFN3O2/c24-18-4-1-3-17(15-18)23(29)26-16-21(22-5-2-14-30-22)28-12-10-27(11-13-28)20-8-6-19(25)7-9-20/h1-9,14-15,21H,10-13,16H2,(H,26,29)/t21-/m1/s1. The number of hydrogen-bond acceptors (Lipinski definition) is 4. The van der Waals surface area contributed by atoms with E-state index < -0.39 is 0 Å². The Hall–Kier alpha value is -2.83. The topological polar surface area (TPSA) is 48.7 Å². The highest BCUT2D eigenvalue weighted by Crippen LogP contribution is 2.24. The summed E-state index contributed by atoms with van der Waals surface area (Å²) >= 11 is 6.00. The molecule has 1 atom stereocenters. The van der Waals surface area contributed by atoms with Gasteiger partial charge < -0.3 is 14.6 Å². The van der Waals surface area contributed by atoms with Gasteiger partial charge >= 0.3 is 0 Å². The van der Waals surface area contributed by atoms with Gasteiger partial charge in [-0.25, -0.2) is 4.39 Å². The maximum absolute atomic E-state index is 13.2. The molecular weight excluding hydrogens is 405 g/mol. The fourth-order valence-corrected chi connectivity index (χ4v) is 3.95. The van der Waals surface area contributed by atoms with Crippen LogP contribution in [0.15, 0.2) is 71.3 Å². The van der Waals surface area contributed by atoms with Crippen molar-refractivity contribution >= 4 is 23.2 Å².